The Hall–Kier alpha value is -1.43. The van der Waals surface area contributed by atoms with E-state index in [-0.39, 0.29) is 12.6 Å². The molecule has 0 radical (unpaired) electrons. The molecule has 17 heavy (non-hydrogen) atoms. The summed E-state index contributed by atoms with van der Waals surface area (Å²) >= 11 is 1.61. The number of rotatable bonds is 4. The van der Waals surface area contributed by atoms with Gasteiger partial charge in [-0.1, -0.05) is 18.2 Å². The highest BCUT2D eigenvalue weighted by Crippen LogP contribution is 2.31. The maximum Gasteiger partial charge on any atom is 0.234 e. The van der Waals surface area contributed by atoms with Crippen LogP contribution >= 0.6 is 11.3 Å². The van der Waals surface area contributed by atoms with Crippen molar-refractivity contribution < 1.29 is 10.0 Å². The highest BCUT2D eigenvalue weighted by atomic mass is 32.1. The summed E-state index contributed by atoms with van der Waals surface area (Å²) < 4.78 is 1.17. The zero-order valence-electron chi connectivity index (χ0n) is 9.46. The predicted octanol–water partition coefficient (Wildman–Crippen LogP) is 2.14. The van der Waals surface area contributed by atoms with Crippen molar-refractivity contribution in [1.29, 1.82) is 0 Å². The van der Waals surface area contributed by atoms with Gasteiger partial charge in [-0.15, -0.1) is 11.3 Å². The number of benzene rings is 1. The summed E-state index contributed by atoms with van der Waals surface area (Å²) in [6.07, 6.45) is 0. The van der Waals surface area contributed by atoms with Crippen LogP contribution in [0.5, 0.6) is 0 Å². The minimum Gasteiger partial charge on any atom is -0.368 e. The minimum atomic E-state index is -0.541. The average molecular weight is 250 g/mol. The predicted molar refractivity (Wildman–Crippen MR) is 67.9 cm³/mol. The van der Waals surface area contributed by atoms with Crippen LogP contribution in [0.15, 0.2) is 30.3 Å². The largest absolute Gasteiger partial charge is 0.368 e. The quantitative estimate of drug-likeness (QED) is 0.817. The monoisotopic (exact) mass is 250 g/mol. The first kappa shape index (κ1) is 12.0. The molecular weight excluding hydrogens is 236 g/mol. The number of hydroxylamine groups is 2. The molecule has 0 fully saturated rings. The number of thiophene rings is 1. The van der Waals surface area contributed by atoms with E-state index < -0.39 is 5.91 Å². The van der Waals surface area contributed by atoms with Crippen molar-refractivity contribution in [1.82, 2.24) is 5.06 Å². The Kier molecular flexibility index (Phi) is 3.42. The molecule has 1 unspecified atom stereocenters. The van der Waals surface area contributed by atoms with Crippen LogP contribution in [0.25, 0.3) is 10.1 Å². The Balaban J connectivity index is 2.24. The molecule has 1 aromatic heterocycles. The summed E-state index contributed by atoms with van der Waals surface area (Å²) in [5.74, 6) is -0.541. The molecule has 1 atom stereocenters. The molecular formula is C12H14N2O2S. The molecule has 90 valence electrons. The van der Waals surface area contributed by atoms with Crippen LogP contribution in [-0.2, 0) is 4.79 Å². The Bertz CT molecular complexity index is 505. The zero-order valence-corrected chi connectivity index (χ0v) is 10.3. The van der Waals surface area contributed by atoms with Gasteiger partial charge in [-0.2, -0.15) is 5.06 Å². The highest BCUT2D eigenvalue weighted by molar-refractivity contribution is 7.19. The molecule has 1 heterocycles. The van der Waals surface area contributed by atoms with Crippen molar-refractivity contribution in [2.24, 2.45) is 5.73 Å². The van der Waals surface area contributed by atoms with Gasteiger partial charge < -0.3 is 10.9 Å². The van der Waals surface area contributed by atoms with Crippen molar-refractivity contribution in [3.05, 3.63) is 35.2 Å². The van der Waals surface area contributed by atoms with Gasteiger partial charge in [-0.3, -0.25) is 4.79 Å². The number of carbonyl (C=O) groups excluding carboxylic acids is 1. The third-order valence-corrected chi connectivity index (χ3v) is 3.91. The van der Waals surface area contributed by atoms with Crippen molar-refractivity contribution in [2.75, 3.05) is 6.54 Å². The van der Waals surface area contributed by atoms with Crippen molar-refractivity contribution >= 4 is 27.3 Å². The van der Waals surface area contributed by atoms with E-state index in [1.807, 2.05) is 37.3 Å². The standard InChI is InChI=1S/C12H14N2O2S/c1-8(14(16)7-12(13)15)11-6-9-4-2-3-5-10(9)17-11/h2-6,8,16H,7H2,1H3,(H2,13,15). The second-order valence-corrected chi connectivity index (χ2v) is 5.04. The van der Waals surface area contributed by atoms with Crippen LogP contribution < -0.4 is 5.73 Å². The lowest BCUT2D eigenvalue weighted by molar-refractivity contribution is -0.145. The van der Waals surface area contributed by atoms with E-state index >= 15 is 0 Å². The number of nitrogens with two attached hydrogens (primary N) is 1. The van der Waals surface area contributed by atoms with Crippen LogP contribution in [0.3, 0.4) is 0 Å². The highest BCUT2D eigenvalue weighted by Gasteiger charge is 2.17. The summed E-state index contributed by atoms with van der Waals surface area (Å²) in [6.45, 7) is 1.68. The fraction of sp³-hybridized carbons (Fsp3) is 0.250. The maximum atomic E-state index is 10.7. The Morgan fingerprint density at radius 3 is 2.88 bits per heavy atom. The third-order valence-electron chi connectivity index (χ3n) is 2.62. The molecule has 0 aliphatic rings. The first-order valence-electron chi connectivity index (χ1n) is 5.30. The van der Waals surface area contributed by atoms with Gasteiger partial charge in [0.1, 0.15) is 6.54 Å². The lowest BCUT2D eigenvalue weighted by Crippen LogP contribution is -2.32. The summed E-state index contributed by atoms with van der Waals surface area (Å²) in [4.78, 5) is 11.8. The molecule has 0 aliphatic carbocycles. The topological polar surface area (TPSA) is 66.6 Å². The summed E-state index contributed by atoms with van der Waals surface area (Å²) in [5, 5.41) is 11.8. The van der Waals surface area contributed by atoms with E-state index in [1.54, 1.807) is 11.3 Å². The number of hydrogen-bond donors (Lipinski definition) is 2. The van der Waals surface area contributed by atoms with Crippen molar-refractivity contribution in [3.8, 4) is 0 Å². The third kappa shape index (κ3) is 2.63. The van der Waals surface area contributed by atoms with Gasteiger partial charge >= 0.3 is 0 Å². The summed E-state index contributed by atoms with van der Waals surface area (Å²) in [5.41, 5.74) is 5.05. The van der Waals surface area contributed by atoms with Crippen LogP contribution in [0, 0.1) is 0 Å². The molecule has 5 heteroatoms. The van der Waals surface area contributed by atoms with E-state index in [0.717, 1.165) is 15.3 Å². The molecule has 2 rings (SSSR count). The molecule has 3 N–H and O–H groups in total. The van der Waals surface area contributed by atoms with E-state index in [2.05, 4.69) is 0 Å². The number of amides is 1. The zero-order chi connectivity index (χ0) is 12.4. The Morgan fingerprint density at radius 1 is 1.53 bits per heavy atom. The second kappa shape index (κ2) is 4.83. The van der Waals surface area contributed by atoms with E-state index in [1.165, 1.54) is 4.70 Å². The van der Waals surface area contributed by atoms with Crippen LogP contribution in [0.1, 0.15) is 17.8 Å². The van der Waals surface area contributed by atoms with Crippen LogP contribution in [-0.4, -0.2) is 22.7 Å². The van der Waals surface area contributed by atoms with Gasteiger partial charge in [-0.05, 0) is 24.4 Å². The molecule has 0 bridgehead atoms. The Labute approximate surface area is 103 Å². The minimum absolute atomic E-state index is 0.157. The van der Waals surface area contributed by atoms with Gasteiger partial charge in [0.15, 0.2) is 0 Å². The first-order chi connectivity index (χ1) is 8.08. The fourth-order valence-corrected chi connectivity index (χ4v) is 2.78. The number of nitrogens with zero attached hydrogens (tertiary/aromatic N) is 1. The molecule has 1 amide bonds. The Morgan fingerprint density at radius 2 is 2.24 bits per heavy atom. The average Bonchev–Trinajstić information content (AvgIpc) is 2.70. The van der Waals surface area contributed by atoms with Crippen molar-refractivity contribution in [3.63, 3.8) is 0 Å². The number of carbonyl (C=O) groups is 1. The molecule has 2 aromatic rings. The van der Waals surface area contributed by atoms with Gasteiger partial charge in [0.05, 0.1) is 6.04 Å². The lowest BCUT2D eigenvalue weighted by Gasteiger charge is -2.19. The SMILES string of the molecule is CC(c1cc2ccccc2s1)N(O)CC(N)=O. The van der Waals surface area contributed by atoms with Crippen LogP contribution in [0.4, 0.5) is 0 Å². The second-order valence-electron chi connectivity index (χ2n) is 3.93. The number of fused-ring (bicyclic) bond motifs is 1. The molecule has 0 aliphatic heterocycles. The van der Waals surface area contributed by atoms with Crippen LogP contribution in [0.2, 0.25) is 0 Å². The lowest BCUT2D eigenvalue weighted by atomic mass is 10.2. The molecule has 4 nitrogen and oxygen atoms in total. The normalized spacial score (nSPS) is 13.1. The molecule has 0 spiro atoms. The van der Waals surface area contributed by atoms with E-state index in [0.29, 0.717) is 0 Å². The van der Waals surface area contributed by atoms with Crippen molar-refractivity contribution in [2.45, 2.75) is 13.0 Å². The molecule has 0 saturated heterocycles. The van der Waals surface area contributed by atoms with Gasteiger partial charge in [0.2, 0.25) is 5.91 Å². The summed E-state index contributed by atoms with van der Waals surface area (Å²) in [6, 6.07) is 9.80. The van der Waals surface area contributed by atoms with E-state index in [4.69, 9.17) is 5.73 Å². The van der Waals surface area contributed by atoms with Gasteiger partial charge in [-0.25, -0.2) is 0 Å². The van der Waals surface area contributed by atoms with E-state index in [9.17, 15) is 10.0 Å². The molecule has 0 saturated carbocycles. The number of primary amides is 1. The maximum absolute atomic E-state index is 10.7. The first-order valence-corrected chi connectivity index (χ1v) is 6.12. The summed E-state index contributed by atoms with van der Waals surface area (Å²) in [7, 11) is 0. The fourth-order valence-electron chi connectivity index (χ4n) is 1.65. The van der Waals surface area contributed by atoms with Gasteiger partial charge in [0, 0.05) is 9.58 Å². The number of hydrogen-bond acceptors (Lipinski definition) is 4. The van der Waals surface area contributed by atoms with Gasteiger partial charge in [0.25, 0.3) is 0 Å². The smallest absolute Gasteiger partial charge is 0.234 e. The molecule has 1 aromatic carbocycles.